The van der Waals surface area contributed by atoms with Gasteiger partial charge in [-0.2, -0.15) is 0 Å². The molecule has 0 saturated heterocycles. The Labute approximate surface area is 161 Å². The minimum Gasteiger partial charge on any atom is -1.00 e. The minimum atomic E-state index is -2.34. The van der Waals surface area contributed by atoms with Gasteiger partial charge in [0.2, 0.25) is 0 Å². The van der Waals surface area contributed by atoms with Gasteiger partial charge in [-0.1, -0.05) is 56.9 Å². The van der Waals surface area contributed by atoms with Gasteiger partial charge in [-0.25, -0.2) is 0 Å². The van der Waals surface area contributed by atoms with Gasteiger partial charge in [-0.05, 0) is 18.4 Å². The molecule has 0 atom stereocenters. The van der Waals surface area contributed by atoms with Crippen LogP contribution in [0.2, 0.25) is 11.1 Å². The van der Waals surface area contributed by atoms with E-state index in [4.69, 9.17) is 33.2 Å². The Bertz CT molecular complexity index is 211. The summed E-state index contributed by atoms with van der Waals surface area (Å²) in [6.07, 6.45) is 13.8. The first-order valence-corrected chi connectivity index (χ1v) is 13.3. The Morgan fingerprint density at radius 3 is 1.37 bits per heavy atom. The van der Waals surface area contributed by atoms with E-state index in [2.05, 4.69) is 0 Å². The molecule has 2 rings (SSSR count). The third-order valence-electron chi connectivity index (χ3n) is 3.96. The van der Waals surface area contributed by atoms with Crippen molar-refractivity contribution < 1.29 is 20.3 Å². The van der Waals surface area contributed by atoms with Crippen LogP contribution >= 0.6 is 33.2 Å². The maximum atomic E-state index is 5.88. The Balaban J connectivity index is -0.000000262. The zero-order chi connectivity index (χ0) is 12.7. The van der Waals surface area contributed by atoms with Gasteiger partial charge in [-0.15, -0.1) is 33.2 Å². The summed E-state index contributed by atoms with van der Waals surface area (Å²) in [5.41, 5.74) is 1.61. The summed E-state index contributed by atoms with van der Waals surface area (Å²) in [5.74, 6) is 0. The van der Waals surface area contributed by atoms with Crippen molar-refractivity contribution in [3.05, 3.63) is 0 Å². The van der Waals surface area contributed by atoms with Crippen molar-refractivity contribution in [3.63, 3.8) is 0 Å². The fourth-order valence-corrected chi connectivity index (χ4v) is 6.58. The summed E-state index contributed by atoms with van der Waals surface area (Å²) >= 11 is 17.6. The molecule has 0 unspecified atom stereocenters. The van der Waals surface area contributed by atoms with Crippen LogP contribution in [0.5, 0.6) is 0 Å². The quantitative estimate of drug-likeness (QED) is 0.478. The molecule has 19 heavy (non-hydrogen) atoms. The van der Waals surface area contributed by atoms with Crippen LogP contribution in [-0.4, -0.2) is 33.6 Å². The van der Waals surface area contributed by atoms with Gasteiger partial charge in [0.1, 0.15) is 0 Å². The number of hydrogen-bond donors (Lipinski definition) is 0. The van der Waals surface area contributed by atoms with Crippen molar-refractivity contribution in [1.29, 1.82) is 0 Å². The van der Waals surface area contributed by atoms with E-state index in [0.717, 1.165) is 12.8 Å². The van der Waals surface area contributed by atoms with Crippen molar-refractivity contribution in [2.45, 2.75) is 75.3 Å². The second-order valence-electron chi connectivity index (χ2n) is 5.62. The summed E-state index contributed by atoms with van der Waals surface area (Å²) in [5, 5.41) is 0. The van der Waals surface area contributed by atoms with Gasteiger partial charge in [0, 0.05) is 10.2 Å². The molecule has 2 aliphatic carbocycles. The molecule has 0 aromatic heterocycles. The normalized spacial score (nSPS) is 21.6. The van der Waals surface area contributed by atoms with Gasteiger partial charge in [0.25, 0.3) is 0 Å². The first kappa shape index (κ1) is 23.7. The molecule has 0 amide bonds. The van der Waals surface area contributed by atoms with Gasteiger partial charge < -0.3 is 1.43 Å². The molecule has 0 bridgehead atoms. The maximum absolute atomic E-state index is 5.88. The van der Waals surface area contributed by atoms with E-state index in [0.29, 0.717) is 5.54 Å². The average Bonchev–Trinajstić information content (AvgIpc) is 2.31. The molecule has 7 heteroatoms. The zero-order valence-electron chi connectivity index (χ0n) is 12.9. The molecule has 0 aromatic carbocycles. The van der Waals surface area contributed by atoms with E-state index in [1.165, 1.54) is 54.3 Å². The standard InChI is InChI=1S/C6H11Cl3Si.C6H14Si.Al.Li.4H/c7-10(8,9)6-4-2-1-3-5-6;7-6-4-2-1-3-5-6;;;;;;/h6H,1-5H2;6H,1-5H2,7H3;;;;;;/q;;;+1;;;;-1. The van der Waals surface area contributed by atoms with Crippen LogP contribution in [0.15, 0.2) is 0 Å². The first-order valence-electron chi connectivity index (χ1n) is 7.07. The predicted octanol–water partition coefficient (Wildman–Crippen LogP) is 1.01. The van der Waals surface area contributed by atoms with Crippen LogP contribution in [0, 0.1) is 0 Å². The van der Waals surface area contributed by atoms with Crippen LogP contribution in [-0.2, 0) is 0 Å². The molecule has 2 fully saturated rings. The SMILES string of the molecule is Cl[Si](Cl)(Cl)C1CCCCC1.[AlH3].[H-].[Li+].[SiH3]C1CCCCC1. The van der Waals surface area contributed by atoms with Crippen molar-refractivity contribution in [3.8, 4) is 0 Å². The minimum absolute atomic E-state index is 0. The Morgan fingerprint density at radius 2 is 1.16 bits per heavy atom. The fourth-order valence-electron chi connectivity index (χ4n) is 2.74. The van der Waals surface area contributed by atoms with E-state index >= 15 is 0 Å². The topological polar surface area (TPSA) is 0 Å². The van der Waals surface area contributed by atoms with Crippen LogP contribution < -0.4 is 18.9 Å². The van der Waals surface area contributed by atoms with E-state index in [1.54, 1.807) is 12.8 Å². The van der Waals surface area contributed by atoms with Gasteiger partial charge in [-0.3, -0.25) is 0 Å². The molecular formula is C12H29AlCl3LiSi2. The van der Waals surface area contributed by atoms with Crippen LogP contribution in [0.25, 0.3) is 0 Å². The number of rotatable bonds is 1. The Hall–Kier alpha value is 2.43. The van der Waals surface area contributed by atoms with Crippen molar-refractivity contribution >= 4 is 66.8 Å². The molecule has 2 aliphatic rings. The fraction of sp³-hybridized carbons (Fsp3) is 1.00. The van der Waals surface area contributed by atoms with Gasteiger partial charge in [0.05, 0.1) is 0 Å². The number of halogens is 3. The van der Waals surface area contributed by atoms with Crippen LogP contribution in [0.4, 0.5) is 0 Å². The molecule has 0 aromatic rings. The van der Waals surface area contributed by atoms with Crippen molar-refractivity contribution in [2.75, 3.05) is 0 Å². The monoisotopic (exact) mass is 368 g/mol. The Kier molecular flexibility index (Phi) is 16.1. The number of hydrogen-bond acceptors (Lipinski definition) is 0. The van der Waals surface area contributed by atoms with Crippen molar-refractivity contribution in [2.24, 2.45) is 0 Å². The van der Waals surface area contributed by atoms with E-state index in [-0.39, 0.29) is 37.6 Å². The van der Waals surface area contributed by atoms with Crippen LogP contribution in [0.3, 0.4) is 0 Å². The molecule has 0 aliphatic heterocycles. The molecular weight excluding hydrogens is 341 g/mol. The summed E-state index contributed by atoms with van der Waals surface area (Å²) < 4.78 is 0. The van der Waals surface area contributed by atoms with Gasteiger partial charge >= 0.3 is 24.9 Å². The average molecular weight is 370 g/mol. The zero-order valence-corrected chi connectivity index (χ0v) is 17.1. The van der Waals surface area contributed by atoms with E-state index in [9.17, 15) is 0 Å². The summed E-state index contributed by atoms with van der Waals surface area (Å²) in [6, 6.07) is -2.34. The molecule has 0 radical (unpaired) electrons. The smallest absolute Gasteiger partial charge is 1.00 e. The molecule has 0 N–H and O–H groups in total. The molecule has 110 valence electrons. The third-order valence-corrected chi connectivity index (χ3v) is 9.40. The van der Waals surface area contributed by atoms with Crippen molar-refractivity contribution in [1.82, 2.24) is 0 Å². The molecule has 0 heterocycles. The summed E-state index contributed by atoms with van der Waals surface area (Å²) in [4.78, 5) is 0. The molecule has 0 nitrogen and oxygen atoms in total. The Morgan fingerprint density at radius 1 is 0.789 bits per heavy atom. The van der Waals surface area contributed by atoms with E-state index < -0.39 is 6.00 Å². The van der Waals surface area contributed by atoms with Crippen LogP contribution in [0.1, 0.15) is 65.6 Å². The maximum Gasteiger partial charge on any atom is 1.00 e. The van der Waals surface area contributed by atoms with E-state index in [1.807, 2.05) is 0 Å². The van der Waals surface area contributed by atoms with Gasteiger partial charge in [0.15, 0.2) is 17.4 Å². The second kappa shape index (κ2) is 12.9. The largest absolute Gasteiger partial charge is 1.00 e. The first-order chi connectivity index (χ1) is 8.00. The second-order valence-corrected chi connectivity index (χ2v) is 16.3. The molecule has 0 spiro atoms. The predicted molar refractivity (Wildman–Crippen MR) is 98.0 cm³/mol. The summed E-state index contributed by atoms with van der Waals surface area (Å²) in [6.45, 7) is 0. The summed E-state index contributed by atoms with van der Waals surface area (Å²) in [7, 11) is 1.45. The molecule has 2 saturated carbocycles. The third kappa shape index (κ3) is 11.6.